The molecule has 1 saturated heterocycles. The fraction of sp³-hybridized carbons (Fsp3) is 0.857. The van der Waals surface area contributed by atoms with E-state index in [-0.39, 0.29) is 17.9 Å². The SMILES string of the molecule is O=C(CCN1CCCC1)NC1CCC(C(=O)O)CC1. The molecule has 1 aliphatic heterocycles. The molecule has 2 aliphatic rings. The second-order valence-corrected chi connectivity index (χ2v) is 5.75. The minimum absolute atomic E-state index is 0.116. The zero-order valence-electron chi connectivity index (χ0n) is 11.4. The number of carboxylic acid groups (broad SMARTS) is 1. The number of nitrogens with one attached hydrogen (secondary N) is 1. The number of aliphatic carboxylic acids is 1. The summed E-state index contributed by atoms with van der Waals surface area (Å²) in [6.07, 6.45) is 6.04. The largest absolute Gasteiger partial charge is 0.481 e. The third kappa shape index (κ3) is 4.49. The Morgan fingerprint density at radius 2 is 1.74 bits per heavy atom. The topological polar surface area (TPSA) is 69.6 Å². The van der Waals surface area contributed by atoms with Gasteiger partial charge in [-0.15, -0.1) is 0 Å². The summed E-state index contributed by atoms with van der Waals surface area (Å²) in [5, 5.41) is 12.0. The molecule has 0 aromatic carbocycles. The molecule has 2 rings (SSSR count). The van der Waals surface area contributed by atoms with Gasteiger partial charge in [-0.25, -0.2) is 0 Å². The van der Waals surface area contributed by atoms with Gasteiger partial charge in [0.05, 0.1) is 5.92 Å². The first-order chi connectivity index (χ1) is 9.15. The summed E-state index contributed by atoms with van der Waals surface area (Å²) in [5.74, 6) is -0.790. The summed E-state index contributed by atoms with van der Waals surface area (Å²) in [7, 11) is 0. The van der Waals surface area contributed by atoms with Gasteiger partial charge in [0, 0.05) is 19.0 Å². The minimum atomic E-state index is -0.696. The van der Waals surface area contributed by atoms with E-state index in [4.69, 9.17) is 5.11 Å². The lowest BCUT2D eigenvalue weighted by Gasteiger charge is -2.27. The molecule has 1 saturated carbocycles. The molecule has 0 aromatic rings. The first kappa shape index (κ1) is 14.3. The van der Waals surface area contributed by atoms with Crippen molar-refractivity contribution in [2.45, 2.75) is 51.0 Å². The Morgan fingerprint density at radius 1 is 1.11 bits per heavy atom. The Balaban J connectivity index is 1.61. The predicted molar refractivity (Wildman–Crippen MR) is 71.8 cm³/mol. The monoisotopic (exact) mass is 268 g/mol. The van der Waals surface area contributed by atoms with Crippen LogP contribution in [0.15, 0.2) is 0 Å². The molecule has 2 N–H and O–H groups in total. The quantitative estimate of drug-likeness (QED) is 0.787. The van der Waals surface area contributed by atoms with Crippen molar-refractivity contribution in [2.75, 3.05) is 19.6 Å². The highest BCUT2D eigenvalue weighted by Gasteiger charge is 2.26. The molecule has 1 aliphatic carbocycles. The van der Waals surface area contributed by atoms with E-state index >= 15 is 0 Å². The molecule has 108 valence electrons. The van der Waals surface area contributed by atoms with Gasteiger partial charge in [0.1, 0.15) is 0 Å². The van der Waals surface area contributed by atoms with Crippen molar-refractivity contribution in [1.29, 1.82) is 0 Å². The number of carbonyl (C=O) groups excluding carboxylic acids is 1. The van der Waals surface area contributed by atoms with Crippen LogP contribution in [0.25, 0.3) is 0 Å². The number of carbonyl (C=O) groups is 2. The maximum atomic E-state index is 11.8. The Morgan fingerprint density at radius 3 is 2.32 bits per heavy atom. The van der Waals surface area contributed by atoms with E-state index < -0.39 is 5.97 Å². The molecule has 0 aromatic heterocycles. The summed E-state index contributed by atoms with van der Waals surface area (Å²) in [4.78, 5) is 25.0. The molecular weight excluding hydrogens is 244 g/mol. The van der Waals surface area contributed by atoms with E-state index in [0.29, 0.717) is 19.3 Å². The summed E-state index contributed by atoms with van der Waals surface area (Å²) < 4.78 is 0. The highest BCUT2D eigenvalue weighted by Crippen LogP contribution is 2.24. The Labute approximate surface area is 114 Å². The van der Waals surface area contributed by atoms with Crippen LogP contribution >= 0.6 is 0 Å². The van der Waals surface area contributed by atoms with Crippen LogP contribution in [0.5, 0.6) is 0 Å². The normalized spacial score (nSPS) is 28.2. The fourth-order valence-electron chi connectivity index (χ4n) is 3.05. The molecule has 0 bridgehead atoms. The standard InChI is InChI=1S/C14H24N2O3/c17-13(7-10-16-8-1-2-9-16)15-12-5-3-11(4-6-12)14(18)19/h11-12H,1-10H2,(H,15,17)(H,18,19). The van der Waals surface area contributed by atoms with Gasteiger partial charge >= 0.3 is 5.97 Å². The molecule has 1 amide bonds. The second-order valence-electron chi connectivity index (χ2n) is 5.75. The summed E-state index contributed by atoms with van der Waals surface area (Å²) in [5.41, 5.74) is 0. The molecule has 19 heavy (non-hydrogen) atoms. The Bertz CT molecular complexity index is 319. The van der Waals surface area contributed by atoms with Crippen molar-refractivity contribution in [3.05, 3.63) is 0 Å². The Kier molecular flexibility index (Phi) is 5.19. The van der Waals surface area contributed by atoms with Gasteiger partial charge in [-0.05, 0) is 51.6 Å². The summed E-state index contributed by atoms with van der Waals surface area (Å²) in [6.45, 7) is 3.10. The molecule has 0 atom stereocenters. The maximum absolute atomic E-state index is 11.8. The molecular formula is C14H24N2O3. The van der Waals surface area contributed by atoms with E-state index in [1.54, 1.807) is 0 Å². The van der Waals surface area contributed by atoms with Gasteiger partial charge in [0.15, 0.2) is 0 Å². The third-order valence-electron chi connectivity index (χ3n) is 4.30. The van der Waals surface area contributed by atoms with Crippen LogP contribution in [-0.4, -0.2) is 47.6 Å². The summed E-state index contributed by atoms with van der Waals surface area (Å²) >= 11 is 0. The van der Waals surface area contributed by atoms with Crippen molar-refractivity contribution in [3.8, 4) is 0 Å². The van der Waals surface area contributed by atoms with Crippen molar-refractivity contribution in [2.24, 2.45) is 5.92 Å². The van der Waals surface area contributed by atoms with Crippen LogP contribution in [0.4, 0.5) is 0 Å². The lowest BCUT2D eigenvalue weighted by Crippen LogP contribution is -2.39. The number of hydrogen-bond acceptors (Lipinski definition) is 3. The third-order valence-corrected chi connectivity index (χ3v) is 4.30. The second kappa shape index (κ2) is 6.89. The lowest BCUT2D eigenvalue weighted by molar-refractivity contribution is -0.142. The first-order valence-electron chi connectivity index (χ1n) is 7.39. The zero-order chi connectivity index (χ0) is 13.7. The van der Waals surface area contributed by atoms with E-state index in [1.807, 2.05) is 0 Å². The molecule has 0 radical (unpaired) electrons. The number of rotatable bonds is 5. The predicted octanol–water partition coefficient (Wildman–Crippen LogP) is 1.23. The smallest absolute Gasteiger partial charge is 0.306 e. The maximum Gasteiger partial charge on any atom is 0.306 e. The van der Waals surface area contributed by atoms with Crippen LogP contribution in [0.2, 0.25) is 0 Å². The average Bonchev–Trinajstić information content (AvgIpc) is 2.90. The van der Waals surface area contributed by atoms with Crippen molar-refractivity contribution >= 4 is 11.9 Å². The lowest BCUT2D eigenvalue weighted by atomic mass is 9.86. The number of carboxylic acids is 1. The van der Waals surface area contributed by atoms with E-state index in [0.717, 1.165) is 32.5 Å². The van der Waals surface area contributed by atoms with Gasteiger partial charge in [-0.2, -0.15) is 0 Å². The number of likely N-dealkylation sites (tertiary alicyclic amines) is 1. The average molecular weight is 268 g/mol. The van der Waals surface area contributed by atoms with Crippen molar-refractivity contribution in [3.63, 3.8) is 0 Å². The zero-order valence-corrected chi connectivity index (χ0v) is 11.4. The van der Waals surface area contributed by atoms with Gasteiger partial charge in [0.25, 0.3) is 0 Å². The molecule has 1 heterocycles. The van der Waals surface area contributed by atoms with E-state index in [1.165, 1.54) is 12.8 Å². The molecule has 0 spiro atoms. The number of amides is 1. The van der Waals surface area contributed by atoms with Gasteiger partial charge in [-0.1, -0.05) is 0 Å². The summed E-state index contributed by atoms with van der Waals surface area (Å²) in [6, 6.07) is 0.182. The minimum Gasteiger partial charge on any atom is -0.481 e. The molecule has 0 unspecified atom stereocenters. The van der Waals surface area contributed by atoms with Crippen molar-refractivity contribution < 1.29 is 14.7 Å². The van der Waals surface area contributed by atoms with Crippen LogP contribution < -0.4 is 5.32 Å². The van der Waals surface area contributed by atoms with Crippen LogP contribution in [0.3, 0.4) is 0 Å². The van der Waals surface area contributed by atoms with Gasteiger partial charge in [-0.3, -0.25) is 9.59 Å². The van der Waals surface area contributed by atoms with Gasteiger partial charge < -0.3 is 15.3 Å². The van der Waals surface area contributed by atoms with E-state index in [2.05, 4.69) is 10.2 Å². The highest BCUT2D eigenvalue weighted by molar-refractivity contribution is 5.76. The fourth-order valence-corrected chi connectivity index (χ4v) is 3.05. The van der Waals surface area contributed by atoms with Crippen LogP contribution in [-0.2, 0) is 9.59 Å². The Hall–Kier alpha value is -1.10. The number of nitrogens with zero attached hydrogens (tertiary/aromatic N) is 1. The molecule has 2 fully saturated rings. The highest BCUT2D eigenvalue weighted by atomic mass is 16.4. The van der Waals surface area contributed by atoms with Crippen molar-refractivity contribution in [1.82, 2.24) is 10.2 Å². The van der Waals surface area contributed by atoms with Crippen LogP contribution in [0.1, 0.15) is 44.9 Å². The molecule has 5 heteroatoms. The van der Waals surface area contributed by atoms with Crippen LogP contribution in [0, 0.1) is 5.92 Å². The van der Waals surface area contributed by atoms with E-state index in [9.17, 15) is 9.59 Å². The molecule has 5 nitrogen and oxygen atoms in total. The van der Waals surface area contributed by atoms with Gasteiger partial charge in [0.2, 0.25) is 5.91 Å². The number of hydrogen-bond donors (Lipinski definition) is 2. The first-order valence-corrected chi connectivity index (χ1v) is 7.39.